The number of fused-ring (bicyclic) bond motifs is 1. The third kappa shape index (κ3) is 5.35. The van der Waals surface area contributed by atoms with Crippen molar-refractivity contribution in [1.29, 1.82) is 0 Å². The molecule has 0 radical (unpaired) electrons. The molecule has 3 heterocycles. The van der Waals surface area contributed by atoms with Crippen LogP contribution in [0.5, 0.6) is 0 Å². The van der Waals surface area contributed by atoms with E-state index in [2.05, 4.69) is 76.3 Å². The first-order valence-corrected chi connectivity index (χ1v) is 12.2. The Labute approximate surface area is 196 Å². The molecule has 0 spiro atoms. The number of piperazine rings is 1. The highest BCUT2D eigenvalue weighted by molar-refractivity contribution is 5.86. The van der Waals surface area contributed by atoms with Crippen molar-refractivity contribution in [2.24, 2.45) is 0 Å². The molecule has 1 saturated heterocycles. The number of aromatic nitrogens is 1. The van der Waals surface area contributed by atoms with Gasteiger partial charge in [-0.15, -0.1) is 0 Å². The Bertz CT molecular complexity index is 1150. The molecule has 2 aromatic carbocycles. The fourth-order valence-electron chi connectivity index (χ4n) is 4.95. The lowest BCUT2D eigenvalue weighted by Gasteiger charge is -2.36. The molecule has 0 unspecified atom stereocenters. The largest absolute Gasteiger partial charge is 0.464 e. The van der Waals surface area contributed by atoms with Crippen LogP contribution in [0.3, 0.4) is 0 Å². The molecular formula is C29H33N3O. The van der Waals surface area contributed by atoms with Crippen LogP contribution in [0.1, 0.15) is 30.4 Å². The Morgan fingerprint density at radius 2 is 1.73 bits per heavy atom. The van der Waals surface area contributed by atoms with Crippen LogP contribution in [0.2, 0.25) is 0 Å². The van der Waals surface area contributed by atoms with Gasteiger partial charge in [0.25, 0.3) is 0 Å². The number of hydrogen-bond donors (Lipinski definition) is 0. The van der Waals surface area contributed by atoms with E-state index in [1.54, 1.807) is 0 Å². The lowest BCUT2D eigenvalue weighted by molar-refractivity contribution is 0.127. The number of benzene rings is 2. The van der Waals surface area contributed by atoms with E-state index >= 15 is 0 Å². The second kappa shape index (κ2) is 10.3. The number of pyridine rings is 1. The highest BCUT2D eigenvalue weighted by atomic mass is 16.3. The van der Waals surface area contributed by atoms with Gasteiger partial charge in [-0.25, -0.2) is 0 Å². The van der Waals surface area contributed by atoms with Crippen LogP contribution in [0.4, 0.5) is 0 Å². The zero-order valence-electron chi connectivity index (χ0n) is 19.5. The molecule has 0 amide bonds. The number of hydrogen-bond acceptors (Lipinski definition) is 4. The van der Waals surface area contributed by atoms with E-state index in [1.807, 2.05) is 24.7 Å². The monoisotopic (exact) mass is 439 g/mol. The summed E-state index contributed by atoms with van der Waals surface area (Å²) in [5.41, 5.74) is 6.06. The summed E-state index contributed by atoms with van der Waals surface area (Å²) in [4.78, 5) is 9.50. The van der Waals surface area contributed by atoms with Crippen molar-refractivity contribution in [3.05, 3.63) is 90.4 Å². The lowest BCUT2D eigenvalue weighted by atomic mass is 10.0. The van der Waals surface area contributed by atoms with Crippen LogP contribution >= 0.6 is 0 Å². The van der Waals surface area contributed by atoms with Gasteiger partial charge in [0.15, 0.2) is 0 Å². The lowest BCUT2D eigenvalue weighted by Crippen LogP contribution is -2.47. The fourth-order valence-corrected chi connectivity index (χ4v) is 4.95. The molecule has 2 aromatic heterocycles. The van der Waals surface area contributed by atoms with Crippen molar-refractivity contribution in [2.45, 2.75) is 25.7 Å². The number of nitrogens with zero attached hydrogens (tertiary/aromatic N) is 3. The molecule has 170 valence electrons. The molecule has 33 heavy (non-hydrogen) atoms. The van der Waals surface area contributed by atoms with Gasteiger partial charge in [0.2, 0.25) is 0 Å². The predicted molar refractivity (Wildman–Crippen MR) is 136 cm³/mol. The van der Waals surface area contributed by atoms with Crippen LogP contribution in [0.25, 0.3) is 22.1 Å². The smallest absolute Gasteiger partial charge is 0.134 e. The minimum Gasteiger partial charge on any atom is -0.464 e. The summed E-state index contributed by atoms with van der Waals surface area (Å²) in [6.45, 7) is 9.31. The zero-order valence-corrected chi connectivity index (χ0v) is 19.5. The molecule has 0 aliphatic carbocycles. The molecule has 1 atom stereocenters. The maximum Gasteiger partial charge on any atom is 0.134 e. The Morgan fingerprint density at radius 1 is 0.909 bits per heavy atom. The molecule has 4 aromatic rings. The van der Waals surface area contributed by atoms with Crippen molar-refractivity contribution < 1.29 is 4.42 Å². The van der Waals surface area contributed by atoms with Crippen LogP contribution in [0, 0.1) is 0 Å². The highest BCUT2D eigenvalue weighted by Gasteiger charge is 2.19. The molecule has 4 nitrogen and oxygen atoms in total. The van der Waals surface area contributed by atoms with Gasteiger partial charge in [0.05, 0.1) is 6.26 Å². The van der Waals surface area contributed by atoms with Crippen LogP contribution < -0.4 is 0 Å². The first-order valence-electron chi connectivity index (χ1n) is 12.2. The summed E-state index contributed by atoms with van der Waals surface area (Å²) in [5.74, 6) is 0.587. The number of aryl methyl sites for hydroxylation is 1. The maximum atomic E-state index is 5.83. The third-order valence-electron chi connectivity index (χ3n) is 6.93. The van der Waals surface area contributed by atoms with E-state index < -0.39 is 0 Å². The molecule has 1 aliphatic rings. The van der Waals surface area contributed by atoms with Crippen LogP contribution in [-0.4, -0.2) is 54.1 Å². The predicted octanol–water partition coefficient (Wildman–Crippen LogP) is 5.85. The number of rotatable bonds is 8. The quantitative estimate of drug-likeness (QED) is 0.345. The van der Waals surface area contributed by atoms with Gasteiger partial charge in [0, 0.05) is 56.1 Å². The van der Waals surface area contributed by atoms with Gasteiger partial charge in [0.1, 0.15) is 5.58 Å². The standard InChI is InChI=1S/C29H33N3O/c1-23(24-7-3-2-4-8-24)21-32-17-15-31(16-18-32)14-6-10-27-22-33-29-12-11-25(19-28(27)29)26-9-5-13-30-20-26/h2-5,7-9,11-13,19-20,22-23H,6,10,14-18,21H2,1H3/t23-/m0/s1. The van der Waals surface area contributed by atoms with Crippen LogP contribution in [0.15, 0.2) is 83.7 Å². The van der Waals surface area contributed by atoms with Crippen molar-refractivity contribution in [3.8, 4) is 11.1 Å². The van der Waals surface area contributed by atoms with Gasteiger partial charge in [-0.3, -0.25) is 4.98 Å². The van der Waals surface area contributed by atoms with Crippen molar-refractivity contribution in [2.75, 3.05) is 39.3 Å². The Hall–Kier alpha value is -2.95. The van der Waals surface area contributed by atoms with E-state index in [0.29, 0.717) is 5.92 Å². The Balaban J connectivity index is 1.11. The van der Waals surface area contributed by atoms with Gasteiger partial charge >= 0.3 is 0 Å². The van der Waals surface area contributed by atoms with Gasteiger partial charge in [-0.1, -0.05) is 49.4 Å². The average molecular weight is 440 g/mol. The summed E-state index contributed by atoms with van der Waals surface area (Å²) >= 11 is 0. The minimum absolute atomic E-state index is 0.587. The first-order chi connectivity index (χ1) is 16.3. The second-order valence-electron chi connectivity index (χ2n) is 9.27. The molecule has 1 fully saturated rings. The fraction of sp³-hybridized carbons (Fsp3) is 0.345. The topological polar surface area (TPSA) is 32.5 Å². The summed E-state index contributed by atoms with van der Waals surface area (Å²) in [5, 5.41) is 1.23. The molecule has 0 bridgehead atoms. The van der Waals surface area contributed by atoms with E-state index in [4.69, 9.17) is 4.42 Å². The molecule has 5 rings (SSSR count). The molecule has 4 heteroatoms. The number of furan rings is 1. The van der Waals surface area contributed by atoms with Gasteiger partial charge in [-0.2, -0.15) is 0 Å². The normalized spacial score (nSPS) is 16.3. The van der Waals surface area contributed by atoms with Crippen molar-refractivity contribution >= 4 is 11.0 Å². The average Bonchev–Trinajstić information content (AvgIpc) is 3.28. The van der Waals surface area contributed by atoms with Crippen molar-refractivity contribution in [3.63, 3.8) is 0 Å². The minimum atomic E-state index is 0.587. The third-order valence-corrected chi connectivity index (χ3v) is 6.93. The van der Waals surface area contributed by atoms with Gasteiger partial charge in [-0.05, 0) is 60.2 Å². The van der Waals surface area contributed by atoms with Crippen LogP contribution in [-0.2, 0) is 6.42 Å². The van der Waals surface area contributed by atoms with E-state index in [1.165, 1.54) is 48.3 Å². The second-order valence-corrected chi connectivity index (χ2v) is 9.27. The summed E-state index contributed by atoms with van der Waals surface area (Å²) in [6, 6.07) is 21.4. The SMILES string of the molecule is C[C@@H](CN1CCN(CCCc2coc3ccc(-c4cccnc4)cc23)CC1)c1ccccc1. The van der Waals surface area contributed by atoms with Crippen molar-refractivity contribution in [1.82, 2.24) is 14.8 Å². The van der Waals surface area contributed by atoms with E-state index in [0.717, 1.165) is 37.1 Å². The Kier molecular flexibility index (Phi) is 6.84. The first kappa shape index (κ1) is 21.9. The van der Waals surface area contributed by atoms with E-state index in [9.17, 15) is 0 Å². The molecule has 0 saturated carbocycles. The molecule has 1 aliphatic heterocycles. The van der Waals surface area contributed by atoms with E-state index in [-0.39, 0.29) is 0 Å². The van der Waals surface area contributed by atoms with Gasteiger partial charge < -0.3 is 14.2 Å². The summed E-state index contributed by atoms with van der Waals surface area (Å²) in [6.07, 6.45) is 7.89. The maximum absolute atomic E-state index is 5.83. The highest BCUT2D eigenvalue weighted by Crippen LogP contribution is 2.28. The Morgan fingerprint density at radius 3 is 2.52 bits per heavy atom. The molecule has 0 N–H and O–H groups in total. The molecular weight excluding hydrogens is 406 g/mol. The zero-order chi connectivity index (χ0) is 22.5. The summed E-state index contributed by atoms with van der Waals surface area (Å²) in [7, 11) is 0. The summed E-state index contributed by atoms with van der Waals surface area (Å²) < 4.78 is 5.83.